The molecule has 0 aliphatic carbocycles. The Morgan fingerprint density at radius 2 is 1.61 bits per heavy atom. The lowest BCUT2D eigenvalue weighted by molar-refractivity contribution is 0.586. The normalized spacial score (nSPS) is 14.2. The Morgan fingerprint density at radius 1 is 0.903 bits per heavy atom. The Labute approximate surface area is 181 Å². The van der Waals surface area contributed by atoms with E-state index < -0.39 is 25.9 Å². The fourth-order valence-electron chi connectivity index (χ4n) is 3.61. The molecule has 1 N–H and O–H groups in total. The van der Waals surface area contributed by atoms with Crippen LogP contribution in [0.25, 0.3) is 0 Å². The zero-order chi connectivity index (χ0) is 22.1. The highest BCUT2D eigenvalue weighted by molar-refractivity contribution is 7.93. The Hall–Kier alpha value is -2.91. The number of anilines is 2. The lowest BCUT2D eigenvalue weighted by Gasteiger charge is -2.31. The monoisotopic (exact) mass is 460 g/mol. The van der Waals surface area contributed by atoms with Crippen molar-refractivity contribution in [2.75, 3.05) is 15.6 Å². The van der Waals surface area contributed by atoms with Crippen molar-refractivity contribution in [3.8, 4) is 0 Å². The minimum absolute atomic E-state index is 0.215. The maximum Gasteiger partial charge on any atom is 0.264 e. The molecule has 1 heterocycles. The highest BCUT2D eigenvalue weighted by Gasteiger charge is 2.29. The minimum atomic E-state index is -3.72. The fourth-order valence-corrected chi connectivity index (χ4v) is 6.36. The largest absolute Gasteiger partial charge is 0.283 e. The SMILES string of the molecule is O=S(=O)(Cc1ccc(F)cc1)Nc1ccc2c(c1)CCCN2S(=O)(=O)c1ccccc1. The van der Waals surface area contributed by atoms with E-state index in [9.17, 15) is 21.2 Å². The number of fused-ring (bicyclic) bond motifs is 1. The summed E-state index contributed by atoms with van der Waals surface area (Å²) in [4.78, 5) is 0.215. The summed E-state index contributed by atoms with van der Waals surface area (Å²) in [6.07, 6.45) is 1.27. The summed E-state index contributed by atoms with van der Waals surface area (Å²) in [5, 5.41) is 0. The molecule has 0 aromatic heterocycles. The standard InChI is InChI=1S/C22H21FN2O4S2/c23-19-10-8-17(9-11-19)16-30(26,27)24-20-12-13-22-18(15-20)5-4-14-25(22)31(28,29)21-6-2-1-3-7-21/h1-3,6-13,15,24H,4-5,14,16H2. The summed E-state index contributed by atoms with van der Waals surface area (Å²) in [5.74, 6) is -0.724. The molecule has 0 unspecified atom stereocenters. The molecule has 6 nitrogen and oxygen atoms in total. The Bertz CT molecular complexity index is 1290. The van der Waals surface area contributed by atoms with Crippen LogP contribution < -0.4 is 9.03 Å². The second-order valence-electron chi connectivity index (χ2n) is 7.32. The van der Waals surface area contributed by atoms with Crippen molar-refractivity contribution in [3.05, 3.63) is 89.7 Å². The number of sulfonamides is 2. The molecule has 162 valence electrons. The first kappa shape index (κ1) is 21.3. The molecule has 9 heteroatoms. The number of benzene rings is 3. The van der Waals surface area contributed by atoms with E-state index in [0.29, 0.717) is 36.3 Å². The van der Waals surface area contributed by atoms with Crippen LogP contribution in [0.2, 0.25) is 0 Å². The van der Waals surface area contributed by atoms with Crippen molar-refractivity contribution in [2.24, 2.45) is 0 Å². The van der Waals surface area contributed by atoms with E-state index in [-0.39, 0.29) is 10.6 Å². The molecular formula is C22H21FN2O4S2. The molecule has 1 aliphatic rings. The van der Waals surface area contributed by atoms with E-state index >= 15 is 0 Å². The van der Waals surface area contributed by atoms with Gasteiger partial charge in [-0.05, 0) is 66.4 Å². The van der Waals surface area contributed by atoms with E-state index in [4.69, 9.17) is 0 Å². The molecule has 0 amide bonds. The van der Waals surface area contributed by atoms with Gasteiger partial charge in [0.2, 0.25) is 10.0 Å². The number of aryl methyl sites for hydroxylation is 1. The van der Waals surface area contributed by atoms with Crippen LogP contribution >= 0.6 is 0 Å². The predicted octanol–water partition coefficient (Wildman–Crippen LogP) is 3.91. The third-order valence-electron chi connectivity index (χ3n) is 5.03. The van der Waals surface area contributed by atoms with E-state index in [1.807, 2.05) is 0 Å². The van der Waals surface area contributed by atoms with Gasteiger partial charge in [-0.25, -0.2) is 21.2 Å². The van der Waals surface area contributed by atoms with Crippen molar-refractivity contribution in [1.82, 2.24) is 0 Å². The van der Waals surface area contributed by atoms with Gasteiger partial charge in [-0.3, -0.25) is 9.03 Å². The highest BCUT2D eigenvalue weighted by Crippen LogP contribution is 2.34. The number of rotatable bonds is 6. The third kappa shape index (κ3) is 4.72. The van der Waals surface area contributed by atoms with Crippen LogP contribution in [0.4, 0.5) is 15.8 Å². The smallest absolute Gasteiger partial charge is 0.264 e. The van der Waals surface area contributed by atoms with E-state index in [0.717, 1.165) is 5.56 Å². The van der Waals surface area contributed by atoms with Crippen molar-refractivity contribution >= 4 is 31.4 Å². The van der Waals surface area contributed by atoms with E-state index in [2.05, 4.69) is 4.72 Å². The molecular weight excluding hydrogens is 439 g/mol. The Morgan fingerprint density at radius 3 is 2.32 bits per heavy atom. The summed E-state index contributed by atoms with van der Waals surface area (Å²) in [5.41, 5.74) is 2.14. The van der Waals surface area contributed by atoms with Crippen LogP contribution in [0.5, 0.6) is 0 Å². The van der Waals surface area contributed by atoms with Gasteiger partial charge in [-0.15, -0.1) is 0 Å². The van der Waals surface area contributed by atoms with Crippen molar-refractivity contribution in [3.63, 3.8) is 0 Å². The first-order valence-electron chi connectivity index (χ1n) is 9.70. The molecule has 31 heavy (non-hydrogen) atoms. The average Bonchev–Trinajstić information content (AvgIpc) is 2.75. The van der Waals surface area contributed by atoms with Gasteiger partial charge in [-0.2, -0.15) is 0 Å². The molecule has 0 saturated heterocycles. The quantitative estimate of drug-likeness (QED) is 0.605. The van der Waals surface area contributed by atoms with E-state index in [1.165, 1.54) is 28.6 Å². The Balaban J connectivity index is 1.58. The summed E-state index contributed by atoms with van der Waals surface area (Å²) in [6, 6.07) is 18.4. The lowest BCUT2D eigenvalue weighted by Crippen LogP contribution is -2.35. The zero-order valence-corrected chi connectivity index (χ0v) is 18.2. The number of nitrogens with one attached hydrogen (secondary N) is 1. The number of halogens is 1. The van der Waals surface area contributed by atoms with Crippen LogP contribution in [-0.2, 0) is 32.2 Å². The lowest BCUT2D eigenvalue weighted by atomic mass is 10.0. The second-order valence-corrected chi connectivity index (χ2v) is 10.9. The van der Waals surface area contributed by atoms with Gasteiger partial charge in [0.1, 0.15) is 5.82 Å². The number of nitrogens with zero attached hydrogens (tertiary/aromatic N) is 1. The van der Waals surface area contributed by atoms with Gasteiger partial charge in [0.25, 0.3) is 10.0 Å². The Kier molecular flexibility index (Phi) is 5.72. The summed E-state index contributed by atoms with van der Waals surface area (Å²) >= 11 is 0. The first-order valence-corrected chi connectivity index (χ1v) is 12.8. The van der Waals surface area contributed by atoms with Crippen LogP contribution in [0.3, 0.4) is 0 Å². The molecule has 4 rings (SSSR count). The molecule has 0 bridgehead atoms. The van der Waals surface area contributed by atoms with Gasteiger partial charge < -0.3 is 0 Å². The van der Waals surface area contributed by atoms with Crippen LogP contribution in [0.1, 0.15) is 17.5 Å². The van der Waals surface area contributed by atoms with Gasteiger partial charge in [0, 0.05) is 12.2 Å². The first-order chi connectivity index (χ1) is 14.7. The van der Waals surface area contributed by atoms with Gasteiger partial charge in [0.05, 0.1) is 16.3 Å². The number of hydrogen-bond acceptors (Lipinski definition) is 4. The molecule has 3 aromatic rings. The van der Waals surface area contributed by atoms with Gasteiger partial charge in [0.15, 0.2) is 0 Å². The topological polar surface area (TPSA) is 83.6 Å². The average molecular weight is 461 g/mol. The molecule has 0 radical (unpaired) electrons. The maximum atomic E-state index is 13.1. The molecule has 0 saturated carbocycles. The molecule has 1 aliphatic heterocycles. The van der Waals surface area contributed by atoms with E-state index in [1.54, 1.807) is 48.5 Å². The molecule has 0 atom stereocenters. The van der Waals surface area contributed by atoms with Crippen LogP contribution in [0.15, 0.2) is 77.7 Å². The molecule has 0 fully saturated rings. The maximum absolute atomic E-state index is 13.1. The predicted molar refractivity (Wildman–Crippen MR) is 118 cm³/mol. The van der Waals surface area contributed by atoms with Gasteiger partial charge >= 0.3 is 0 Å². The van der Waals surface area contributed by atoms with Gasteiger partial charge in [-0.1, -0.05) is 30.3 Å². The van der Waals surface area contributed by atoms with Crippen molar-refractivity contribution in [2.45, 2.75) is 23.5 Å². The molecule has 3 aromatic carbocycles. The minimum Gasteiger partial charge on any atom is -0.283 e. The highest BCUT2D eigenvalue weighted by atomic mass is 32.2. The third-order valence-corrected chi connectivity index (χ3v) is 8.12. The molecule has 0 spiro atoms. The zero-order valence-electron chi connectivity index (χ0n) is 16.5. The van der Waals surface area contributed by atoms with Crippen LogP contribution in [-0.4, -0.2) is 23.4 Å². The number of hydrogen-bond donors (Lipinski definition) is 1. The second kappa shape index (κ2) is 8.32. The summed E-state index contributed by atoms with van der Waals surface area (Å²) in [7, 11) is -7.42. The summed E-state index contributed by atoms with van der Waals surface area (Å²) < 4.78 is 68.1. The fraction of sp³-hybridized carbons (Fsp3) is 0.182. The summed E-state index contributed by atoms with van der Waals surface area (Å²) in [6.45, 7) is 0.361. The van der Waals surface area contributed by atoms with Crippen molar-refractivity contribution < 1.29 is 21.2 Å². The van der Waals surface area contributed by atoms with Crippen LogP contribution in [0, 0.1) is 5.82 Å². The van der Waals surface area contributed by atoms with Crippen molar-refractivity contribution in [1.29, 1.82) is 0 Å².